The maximum absolute atomic E-state index is 13.7. The van der Waals surface area contributed by atoms with Gasteiger partial charge in [0, 0.05) is 17.3 Å². The molecule has 1 aliphatic carbocycles. The lowest BCUT2D eigenvalue weighted by Crippen LogP contribution is -2.18. The highest BCUT2D eigenvalue weighted by atomic mass is 35.6. The molecule has 0 saturated heterocycles. The minimum Gasteiger partial charge on any atom is -0.379 e. The molecule has 0 spiro atoms. The normalized spacial score (nSPS) is 14.4. The lowest BCUT2D eigenvalue weighted by atomic mass is 10.0. The first-order valence-corrected chi connectivity index (χ1v) is 12.5. The highest BCUT2D eigenvalue weighted by Crippen LogP contribution is 2.38. The number of fused-ring (bicyclic) bond motifs is 1. The molecular weight excluding hydrogens is 547 g/mol. The number of halogens is 5. The van der Waals surface area contributed by atoms with Crippen LogP contribution < -0.4 is 10.6 Å². The number of aromatic nitrogens is 4. The number of nitrogens with zero attached hydrogens (tertiary/aromatic N) is 5. The number of rotatable bonds is 7. The summed E-state index contributed by atoms with van der Waals surface area (Å²) in [6.07, 6.45) is 5.44. The highest BCUT2D eigenvalue weighted by molar-refractivity contribution is 6.67. The number of alkyl halides is 3. The Hall–Kier alpha value is -2.83. The van der Waals surface area contributed by atoms with Crippen LogP contribution in [0.3, 0.4) is 0 Å². The fourth-order valence-corrected chi connectivity index (χ4v) is 4.37. The lowest BCUT2D eigenvalue weighted by molar-refractivity contribution is 0.610. The van der Waals surface area contributed by atoms with Crippen LogP contribution in [0.1, 0.15) is 41.7 Å². The SMILES string of the molecule is N#Cc1cnc2c(Cl)cc(NC(c3ccc(F)cc3)c3cn(C4CC4)nn3)cc2c1NCC(Cl)(Cl)Cl. The van der Waals surface area contributed by atoms with Crippen molar-refractivity contribution in [1.29, 1.82) is 5.26 Å². The Kier molecular flexibility index (Phi) is 6.84. The van der Waals surface area contributed by atoms with Crippen molar-refractivity contribution in [2.75, 3.05) is 17.2 Å². The molecule has 2 aromatic carbocycles. The highest BCUT2D eigenvalue weighted by Gasteiger charge is 2.27. The van der Waals surface area contributed by atoms with E-state index in [-0.39, 0.29) is 17.9 Å². The molecule has 184 valence electrons. The molecule has 5 rings (SSSR count). The van der Waals surface area contributed by atoms with E-state index in [0.29, 0.717) is 39.0 Å². The second-order valence-electron chi connectivity index (χ2n) is 8.47. The minimum absolute atomic E-state index is 0.0385. The first-order valence-electron chi connectivity index (χ1n) is 11.0. The van der Waals surface area contributed by atoms with E-state index in [2.05, 4.69) is 32.0 Å². The molecule has 1 unspecified atom stereocenters. The standard InChI is InChI=1S/C24H18Cl4FN7/c25-19-8-16(7-18-21(32-12-24(26,27)28)14(9-30)10-31-23(18)19)33-22(13-1-3-15(29)4-2-13)20-11-36(35-34-20)17-5-6-17/h1-4,7-8,10-11,17,22,33H,5-6,12H2,(H,31,32). The van der Waals surface area contributed by atoms with Crippen molar-refractivity contribution in [3.63, 3.8) is 0 Å². The molecule has 2 heterocycles. The quantitative estimate of drug-likeness (QED) is 0.240. The van der Waals surface area contributed by atoms with Gasteiger partial charge >= 0.3 is 0 Å². The third-order valence-corrected chi connectivity index (χ3v) is 6.46. The molecule has 2 N–H and O–H groups in total. The Morgan fingerprint density at radius 3 is 2.61 bits per heavy atom. The van der Waals surface area contributed by atoms with E-state index in [9.17, 15) is 9.65 Å². The van der Waals surface area contributed by atoms with Crippen LogP contribution in [0.25, 0.3) is 10.9 Å². The molecule has 4 aromatic rings. The fraction of sp³-hybridized carbons (Fsp3) is 0.250. The van der Waals surface area contributed by atoms with Gasteiger partial charge in [-0.3, -0.25) is 4.98 Å². The maximum atomic E-state index is 13.7. The maximum Gasteiger partial charge on any atom is 0.207 e. The molecular formula is C24H18Cl4FN7. The van der Waals surface area contributed by atoms with Gasteiger partial charge in [0.05, 0.1) is 46.6 Å². The zero-order valence-corrected chi connectivity index (χ0v) is 21.5. The Labute approximate surface area is 226 Å². The summed E-state index contributed by atoms with van der Waals surface area (Å²) in [6, 6.07) is 11.7. The summed E-state index contributed by atoms with van der Waals surface area (Å²) in [5.41, 5.74) is 3.27. The van der Waals surface area contributed by atoms with Gasteiger partial charge in [-0.15, -0.1) is 5.10 Å². The number of nitriles is 1. The Morgan fingerprint density at radius 1 is 1.19 bits per heavy atom. The van der Waals surface area contributed by atoms with Gasteiger partial charge in [-0.1, -0.05) is 63.7 Å². The molecule has 0 bridgehead atoms. The molecule has 0 amide bonds. The summed E-state index contributed by atoms with van der Waals surface area (Å²) in [4.78, 5) is 4.34. The van der Waals surface area contributed by atoms with E-state index < -0.39 is 9.83 Å². The monoisotopic (exact) mass is 563 g/mol. The van der Waals surface area contributed by atoms with Crippen LogP contribution >= 0.6 is 46.4 Å². The number of benzene rings is 2. The largest absolute Gasteiger partial charge is 0.379 e. The molecule has 0 radical (unpaired) electrons. The smallest absolute Gasteiger partial charge is 0.207 e. The van der Waals surface area contributed by atoms with Gasteiger partial charge < -0.3 is 10.6 Å². The van der Waals surface area contributed by atoms with E-state index in [1.807, 2.05) is 10.9 Å². The number of hydrogen-bond acceptors (Lipinski definition) is 6. The predicted octanol–water partition coefficient (Wildman–Crippen LogP) is 6.81. The minimum atomic E-state index is -1.58. The Bertz CT molecular complexity index is 1460. The van der Waals surface area contributed by atoms with Crippen molar-refractivity contribution in [3.05, 3.63) is 76.5 Å². The van der Waals surface area contributed by atoms with Gasteiger partial charge in [-0.25, -0.2) is 9.07 Å². The van der Waals surface area contributed by atoms with E-state index in [4.69, 9.17) is 46.4 Å². The van der Waals surface area contributed by atoms with E-state index in [1.54, 1.807) is 24.3 Å². The molecule has 1 atom stereocenters. The number of hydrogen-bond donors (Lipinski definition) is 2. The number of pyridine rings is 1. The van der Waals surface area contributed by atoms with Crippen LogP contribution in [0.15, 0.2) is 48.8 Å². The van der Waals surface area contributed by atoms with E-state index >= 15 is 0 Å². The van der Waals surface area contributed by atoms with Crippen molar-refractivity contribution in [1.82, 2.24) is 20.0 Å². The fourth-order valence-electron chi connectivity index (χ4n) is 3.90. The molecule has 0 aliphatic heterocycles. The van der Waals surface area contributed by atoms with E-state index in [0.717, 1.165) is 18.4 Å². The number of anilines is 2. The van der Waals surface area contributed by atoms with Crippen LogP contribution in [-0.2, 0) is 0 Å². The van der Waals surface area contributed by atoms with Crippen molar-refractivity contribution in [2.45, 2.75) is 28.7 Å². The summed E-state index contributed by atoms with van der Waals surface area (Å²) in [7, 11) is 0. The third-order valence-electron chi connectivity index (χ3n) is 5.77. The summed E-state index contributed by atoms with van der Waals surface area (Å²) in [6.45, 7) is -0.0385. The van der Waals surface area contributed by atoms with Crippen LogP contribution in [0.5, 0.6) is 0 Å². The summed E-state index contributed by atoms with van der Waals surface area (Å²) in [5.74, 6) is -0.340. The van der Waals surface area contributed by atoms with Crippen molar-refractivity contribution >= 4 is 68.7 Å². The van der Waals surface area contributed by atoms with Crippen molar-refractivity contribution in [3.8, 4) is 6.07 Å². The van der Waals surface area contributed by atoms with E-state index in [1.165, 1.54) is 18.3 Å². The molecule has 7 nitrogen and oxygen atoms in total. The van der Waals surface area contributed by atoms with Gasteiger partial charge in [0.1, 0.15) is 17.6 Å². The zero-order valence-electron chi connectivity index (χ0n) is 18.5. The predicted molar refractivity (Wildman–Crippen MR) is 140 cm³/mol. The van der Waals surface area contributed by atoms with Crippen LogP contribution in [0, 0.1) is 17.1 Å². The summed E-state index contributed by atoms with van der Waals surface area (Å²) in [5, 5.41) is 25.7. The average molecular weight is 565 g/mol. The summed E-state index contributed by atoms with van der Waals surface area (Å²) < 4.78 is 13.9. The van der Waals surface area contributed by atoms with Gasteiger partial charge in [0.2, 0.25) is 3.79 Å². The zero-order chi connectivity index (χ0) is 25.4. The first kappa shape index (κ1) is 24.8. The second kappa shape index (κ2) is 9.91. The lowest BCUT2D eigenvalue weighted by Gasteiger charge is -2.20. The van der Waals surface area contributed by atoms with Crippen LogP contribution in [0.4, 0.5) is 15.8 Å². The first-order chi connectivity index (χ1) is 17.2. The van der Waals surface area contributed by atoms with Crippen molar-refractivity contribution < 1.29 is 4.39 Å². The van der Waals surface area contributed by atoms with Gasteiger partial charge in [-0.05, 0) is 42.7 Å². The average Bonchev–Trinajstić information content (AvgIpc) is 3.58. The third kappa shape index (κ3) is 5.45. The Balaban J connectivity index is 1.57. The molecule has 2 aromatic heterocycles. The topological polar surface area (TPSA) is 91.5 Å². The number of nitrogens with one attached hydrogen (secondary N) is 2. The van der Waals surface area contributed by atoms with Crippen LogP contribution in [-0.4, -0.2) is 30.3 Å². The van der Waals surface area contributed by atoms with Gasteiger partial charge in [0.15, 0.2) is 0 Å². The van der Waals surface area contributed by atoms with Gasteiger partial charge in [-0.2, -0.15) is 5.26 Å². The van der Waals surface area contributed by atoms with Crippen LogP contribution in [0.2, 0.25) is 5.02 Å². The molecule has 36 heavy (non-hydrogen) atoms. The molecule has 1 saturated carbocycles. The molecule has 1 aliphatic rings. The summed E-state index contributed by atoms with van der Waals surface area (Å²) >= 11 is 24.4. The second-order valence-corrected chi connectivity index (χ2v) is 11.4. The van der Waals surface area contributed by atoms with Crippen molar-refractivity contribution in [2.24, 2.45) is 0 Å². The van der Waals surface area contributed by atoms with Gasteiger partial charge in [0.25, 0.3) is 0 Å². The Morgan fingerprint density at radius 2 is 1.94 bits per heavy atom. The molecule has 12 heteroatoms. The molecule has 1 fully saturated rings.